The third-order valence-electron chi connectivity index (χ3n) is 3.75. The van der Waals surface area contributed by atoms with Crippen molar-refractivity contribution in [1.82, 2.24) is 10.2 Å². The SMILES string of the molecule is CN=C(NCCOc1cccc(NC(C)=O)c1)N(C)Cc1ccccc1Br. The van der Waals surface area contributed by atoms with Gasteiger partial charge in [0.15, 0.2) is 5.96 Å². The lowest BCUT2D eigenvalue weighted by molar-refractivity contribution is -0.114. The molecule has 0 spiro atoms. The van der Waals surface area contributed by atoms with Gasteiger partial charge >= 0.3 is 0 Å². The molecule has 0 unspecified atom stereocenters. The van der Waals surface area contributed by atoms with Crippen molar-refractivity contribution in [3.05, 3.63) is 58.6 Å². The van der Waals surface area contributed by atoms with Gasteiger partial charge in [-0.2, -0.15) is 0 Å². The quantitative estimate of drug-likeness (QED) is 0.399. The number of carbonyl (C=O) groups is 1. The van der Waals surface area contributed by atoms with Crippen LogP contribution in [0, 0.1) is 0 Å². The number of guanidine groups is 1. The van der Waals surface area contributed by atoms with Crippen LogP contribution in [0.15, 0.2) is 58.0 Å². The number of anilines is 1. The molecule has 0 aliphatic carbocycles. The summed E-state index contributed by atoms with van der Waals surface area (Å²) in [5.74, 6) is 1.40. The molecule has 0 aliphatic heterocycles. The molecule has 0 atom stereocenters. The summed E-state index contributed by atoms with van der Waals surface area (Å²) >= 11 is 3.57. The van der Waals surface area contributed by atoms with Crippen molar-refractivity contribution in [3.63, 3.8) is 0 Å². The average molecular weight is 433 g/mol. The molecule has 0 heterocycles. The highest BCUT2D eigenvalue weighted by Gasteiger charge is 2.08. The zero-order valence-electron chi connectivity index (χ0n) is 15.8. The van der Waals surface area contributed by atoms with Crippen LogP contribution in [0.3, 0.4) is 0 Å². The zero-order valence-corrected chi connectivity index (χ0v) is 17.4. The van der Waals surface area contributed by atoms with Gasteiger partial charge in [-0.05, 0) is 23.8 Å². The van der Waals surface area contributed by atoms with E-state index < -0.39 is 0 Å². The number of rotatable bonds is 7. The van der Waals surface area contributed by atoms with Crippen molar-refractivity contribution in [1.29, 1.82) is 0 Å². The number of hydrogen-bond acceptors (Lipinski definition) is 3. The highest BCUT2D eigenvalue weighted by molar-refractivity contribution is 9.10. The van der Waals surface area contributed by atoms with Crippen LogP contribution in [0.5, 0.6) is 5.75 Å². The molecule has 7 heteroatoms. The van der Waals surface area contributed by atoms with Crippen LogP contribution in [-0.4, -0.2) is 44.0 Å². The summed E-state index contributed by atoms with van der Waals surface area (Å²) < 4.78 is 6.82. The standard InChI is InChI=1S/C20H25BrN4O2/c1-15(26)24-17-8-6-9-18(13-17)27-12-11-23-20(22-2)25(3)14-16-7-4-5-10-19(16)21/h4-10,13H,11-12,14H2,1-3H3,(H,22,23)(H,24,26). The summed E-state index contributed by atoms with van der Waals surface area (Å²) in [6, 6.07) is 15.5. The van der Waals surface area contributed by atoms with Crippen molar-refractivity contribution in [2.45, 2.75) is 13.5 Å². The fourth-order valence-corrected chi connectivity index (χ4v) is 2.95. The number of hydrogen-bond donors (Lipinski definition) is 2. The smallest absolute Gasteiger partial charge is 0.221 e. The van der Waals surface area contributed by atoms with Crippen LogP contribution in [0.4, 0.5) is 5.69 Å². The molecule has 0 aromatic heterocycles. The molecule has 0 bridgehead atoms. The Morgan fingerprint density at radius 2 is 2.00 bits per heavy atom. The number of ether oxygens (including phenoxy) is 1. The van der Waals surface area contributed by atoms with Crippen LogP contribution in [-0.2, 0) is 11.3 Å². The normalized spacial score (nSPS) is 11.0. The van der Waals surface area contributed by atoms with Gasteiger partial charge in [0, 0.05) is 43.8 Å². The van der Waals surface area contributed by atoms with Gasteiger partial charge in [0.25, 0.3) is 0 Å². The number of benzene rings is 2. The summed E-state index contributed by atoms with van der Waals surface area (Å²) in [5, 5.41) is 6.03. The number of carbonyl (C=O) groups excluding carboxylic acids is 1. The highest BCUT2D eigenvalue weighted by Crippen LogP contribution is 2.18. The second-order valence-corrected chi connectivity index (χ2v) is 6.83. The lowest BCUT2D eigenvalue weighted by atomic mass is 10.2. The molecule has 0 aliphatic rings. The third-order valence-corrected chi connectivity index (χ3v) is 4.52. The minimum Gasteiger partial charge on any atom is -0.492 e. The third kappa shape index (κ3) is 6.94. The molecule has 0 radical (unpaired) electrons. The fourth-order valence-electron chi connectivity index (χ4n) is 2.54. The van der Waals surface area contributed by atoms with Gasteiger partial charge < -0.3 is 20.3 Å². The first-order chi connectivity index (χ1) is 13.0. The van der Waals surface area contributed by atoms with Gasteiger partial charge in [0.1, 0.15) is 12.4 Å². The van der Waals surface area contributed by atoms with Gasteiger partial charge in [-0.1, -0.05) is 40.2 Å². The second-order valence-electron chi connectivity index (χ2n) is 5.98. The largest absolute Gasteiger partial charge is 0.492 e. The van der Waals surface area contributed by atoms with E-state index in [4.69, 9.17) is 4.74 Å². The Kier molecular flexibility index (Phi) is 8.13. The maximum atomic E-state index is 11.1. The van der Waals surface area contributed by atoms with Crippen LogP contribution in [0.1, 0.15) is 12.5 Å². The minimum absolute atomic E-state index is 0.106. The molecule has 2 aromatic carbocycles. The number of nitrogens with one attached hydrogen (secondary N) is 2. The van der Waals surface area contributed by atoms with Gasteiger partial charge in [-0.3, -0.25) is 9.79 Å². The maximum absolute atomic E-state index is 11.1. The number of aliphatic imine (C=N–C) groups is 1. The molecular weight excluding hydrogens is 408 g/mol. The van der Waals surface area contributed by atoms with E-state index in [1.165, 1.54) is 12.5 Å². The summed E-state index contributed by atoms with van der Waals surface area (Å²) in [7, 11) is 3.75. The van der Waals surface area contributed by atoms with E-state index in [1.54, 1.807) is 13.1 Å². The molecule has 27 heavy (non-hydrogen) atoms. The van der Waals surface area contributed by atoms with Gasteiger partial charge in [0.2, 0.25) is 5.91 Å². The maximum Gasteiger partial charge on any atom is 0.221 e. The van der Waals surface area contributed by atoms with Crippen molar-refractivity contribution in [3.8, 4) is 5.75 Å². The topological polar surface area (TPSA) is 66.0 Å². The molecule has 144 valence electrons. The molecule has 2 rings (SSSR count). The lowest BCUT2D eigenvalue weighted by Gasteiger charge is -2.22. The molecule has 0 fully saturated rings. The first-order valence-electron chi connectivity index (χ1n) is 8.65. The van der Waals surface area contributed by atoms with E-state index in [0.29, 0.717) is 18.9 Å². The van der Waals surface area contributed by atoms with E-state index in [9.17, 15) is 4.79 Å². The Labute approximate surface area is 168 Å². The molecule has 2 N–H and O–H groups in total. The van der Waals surface area contributed by atoms with Gasteiger partial charge in [-0.25, -0.2) is 0 Å². The summed E-state index contributed by atoms with van der Waals surface area (Å²) in [6.45, 7) is 3.30. The van der Waals surface area contributed by atoms with E-state index in [-0.39, 0.29) is 5.91 Å². The summed E-state index contributed by atoms with van der Waals surface area (Å²) in [6.07, 6.45) is 0. The van der Waals surface area contributed by atoms with Crippen molar-refractivity contribution >= 4 is 33.5 Å². The second kappa shape index (κ2) is 10.6. The predicted molar refractivity (Wildman–Crippen MR) is 113 cm³/mol. The molecular formula is C20H25BrN4O2. The van der Waals surface area contributed by atoms with Crippen LogP contribution in [0.25, 0.3) is 0 Å². The Balaban J connectivity index is 1.81. The average Bonchev–Trinajstić information content (AvgIpc) is 2.63. The number of halogens is 1. The Morgan fingerprint density at radius 3 is 2.70 bits per heavy atom. The fraction of sp³-hybridized carbons (Fsp3) is 0.300. The zero-order chi connectivity index (χ0) is 19.6. The van der Waals surface area contributed by atoms with Crippen LogP contribution >= 0.6 is 15.9 Å². The first-order valence-corrected chi connectivity index (χ1v) is 9.44. The number of amides is 1. The van der Waals surface area contributed by atoms with Gasteiger partial charge in [-0.15, -0.1) is 0 Å². The predicted octanol–water partition coefficient (Wildman–Crippen LogP) is 3.49. The lowest BCUT2D eigenvalue weighted by Crippen LogP contribution is -2.40. The van der Waals surface area contributed by atoms with E-state index in [1.807, 2.05) is 43.4 Å². The monoisotopic (exact) mass is 432 g/mol. The molecule has 1 amide bonds. The summed E-state index contributed by atoms with van der Waals surface area (Å²) in [4.78, 5) is 17.5. The highest BCUT2D eigenvalue weighted by atomic mass is 79.9. The van der Waals surface area contributed by atoms with E-state index in [0.717, 1.165) is 22.7 Å². The molecule has 0 saturated heterocycles. The Hall–Kier alpha value is -2.54. The van der Waals surface area contributed by atoms with Gasteiger partial charge in [0.05, 0.1) is 6.54 Å². The van der Waals surface area contributed by atoms with E-state index in [2.05, 4.69) is 42.5 Å². The molecule has 0 saturated carbocycles. The van der Waals surface area contributed by atoms with Crippen LogP contribution < -0.4 is 15.4 Å². The Bertz CT molecular complexity index is 795. The van der Waals surface area contributed by atoms with Crippen molar-refractivity contribution in [2.24, 2.45) is 4.99 Å². The van der Waals surface area contributed by atoms with Crippen molar-refractivity contribution in [2.75, 3.05) is 32.6 Å². The number of nitrogens with zero attached hydrogens (tertiary/aromatic N) is 2. The first kappa shape index (κ1) is 20.8. The van der Waals surface area contributed by atoms with E-state index >= 15 is 0 Å². The van der Waals surface area contributed by atoms with Crippen molar-refractivity contribution < 1.29 is 9.53 Å². The van der Waals surface area contributed by atoms with Crippen LogP contribution in [0.2, 0.25) is 0 Å². The Morgan fingerprint density at radius 1 is 1.22 bits per heavy atom. The summed E-state index contributed by atoms with van der Waals surface area (Å²) in [5.41, 5.74) is 1.91. The molecule has 6 nitrogen and oxygen atoms in total. The minimum atomic E-state index is -0.106. The molecule has 2 aromatic rings.